The molecule has 0 amide bonds. The molecule has 0 N–H and O–H groups in total. The predicted molar refractivity (Wildman–Crippen MR) is 69.0 cm³/mol. The van der Waals surface area contributed by atoms with E-state index in [9.17, 15) is 0 Å². The van der Waals surface area contributed by atoms with Crippen LogP contribution in [0.1, 0.15) is 39.2 Å². The number of benzene rings is 1. The van der Waals surface area contributed by atoms with Gasteiger partial charge in [-0.2, -0.15) is 0 Å². The van der Waals surface area contributed by atoms with Gasteiger partial charge in [0.15, 0.2) is 0 Å². The topological polar surface area (TPSA) is 3.24 Å². The molecule has 1 rings (SSSR count). The van der Waals surface area contributed by atoms with Gasteiger partial charge in [0.2, 0.25) is 0 Å². The van der Waals surface area contributed by atoms with Gasteiger partial charge in [-0.25, -0.2) is 0 Å². The van der Waals surface area contributed by atoms with E-state index >= 15 is 0 Å². The van der Waals surface area contributed by atoms with Crippen LogP contribution in [0.2, 0.25) is 0 Å². The molecule has 0 spiro atoms. The van der Waals surface area contributed by atoms with Gasteiger partial charge in [0, 0.05) is 6.54 Å². The Bertz CT molecular complexity index is 218. The molecule has 0 saturated heterocycles. The number of hydrogen-bond donors (Lipinski definition) is 0. The fourth-order valence-electron chi connectivity index (χ4n) is 1.40. The third-order valence-electron chi connectivity index (χ3n) is 2.19. The molecule has 15 heavy (non-hydrogen) atoms. The quantitative estimate of drug-likeness (QED) is 0.707. The lowest BCUT2D eigenvalue weighted by Gasteiger charge is -2.15. The van der Waals surface area contributed by atoms with E-state index in [0.29, 0.717) is 0 Å². The molecule has 1 nitrogen and oxygen atoms in total. The summed E-state index contributed by atoms with van der Waals surface area (Å²) < 4.78 is 0. The second-order valence-electron chi connectivity index (χ2n) is 3.58. The fourth-order valence-corrected chi connectivity index (χ4v) is 1.40. The van der Waals surface area contributed by atoms with Crippen molar-refractivity contribution in [1.82, 2.24) is 4.90 Å². The Balaban J connectivity index is 0.000000921. The van der Waals surface area contributed by atoms with Crippen molar-refractivity contribution in [3.8, 4) is 0 Å². The number of rotatable bonds is 5. The van der Waals surface area contributed by atoms with Gasteiger partial charge >= 0.3 is 0 Å². The molecule has 0 radical (unpaired) electrons. The highest BCUT2D eigenvalue weighted by Gasteiger charge is 1.97. The molecule has 0 bridgehead atoms. The van der Waals surface area contributed by atoms with Gasteiger partial charge in [-0.3, -0.25) is 0 Å². The van der Waals surface area contributed by atoms with Crippen molar-refractivity contribution in [2.75, 3.05) is 13.6 Å². The van der Waals surface area contributed by atoms with Gasteiger partial charge in [-0.15, -0.1) is 0 Å². The minimum absolute atomic E-state index is 1.07. The van der Waals surface area contributed by atoms with Crippen LogP contribution >= 0.6 is 0 Å². The van der Waals surface area contributed by atoms with Crippen molar-refractivity contribution in [1.29, 1.82) is 0 Å². The van der Waals surface area contributed by atoms with Gasteiger partial charge in [-0.1, -0.05) is 57.5 Å². The summed E-state index contributed by atoms with van der Waals surface area (Å²) >= 11 is 0. The monoisotopic (exact) mass is 207 g/mol. The minimum Gasteiger partial charge on any atom is -0.302 e. The summed E-state index contributed by atoms with van der Waals surface area (Å²) in [6, 6.07) is 10.6. The molecule has 0 aliphatic rings. The normalized spacial score (nSPS) is 9.67. The summed E-state index contributed by atoms with van der Waals surface area (Å²) in [5.74, 6) is 0. The van der Waals surface area contributed by atoms with Crippen molar-refractivity contribution >= 4 is 0 Å². The molecule has 1 heteroatoms. The van der Waals surface area contributed by atoms with E-state index in [2.05, 4.69) is 49.2 Å². The lowest BCUT2D eigenvalue weighted by Crippen LogP contribution is -2.18. The maximum atomic E-state index is 2.37. The molecule has 1 aromatic carbocycles. The maximum absolute atomic E-state index is 2.37. The van der Waals surface area contributed by atoms with Gasteiger partial charge in [0.1, 0.15) is 0 Å². The summed E-state index contributed by atoms with van der Waals surface area (Å²) in [6.45, 7) is 8.50. The Morgan fingerprint density at radius 2 is 1.67 bits per heavy atom. The highest BCUT2D eigenvalue weighted by atomic mass is 15.1. The second kappa shape index (κ2) is 9.72. The van der Waals surface area contributed by atoms with Crippen LogP contribution < -0.4 is 0 Å². The summed E-state index contributed by atoms with van der Waals surface area (Å²) in [6.07, 6.45) is 2.57. The first kappa shape index (κ1) is 14.2. The summed E-state index contributed by atoms with van der Waals surface area (Å²) in [5.41, 5.74) is 1.40. The molecule has 0 aromatic heterocycles. The van der Waals surface area contributed by atoms with E-state index in [1.807, 2.05) is 13.8 Å². The van der Waals surface area contributed by atoms with Crippen LogP contribution in [0.15, 0.2) is 30.3 Å². The Labute approximate surface area is 95.1 Å². The fraction of sp³-hybridized carbons (Fsp3) is 0.571. The molecule has 0 aliphatic carbocycles. The predicted octanol–water partition coefficient (Wildman–Crippen LogP) is 3.94. The van der Waals surface area contributed by atoms with E-state index < -0.39 is 0 Å². The van der Waals surface area contributed by atoms with Crippen LogP contribution in [0.4, 0.5) is 0 Å². The van der Waals surface area contributed by atoms with E-state index in [-0.39, 0.29) is 0 Å². The Morgan fingerprint density at radius 3 is 2.20 bits per heavy atom. The first-order chi connectivity index (χ1) is 7.33. The smallest absolute Gasteiger partial charge is 0.0230 e. The van der Waals surface area contributed by atoms with Crippen LogP contribution in [-0.2, 0) is 6.54 Å². The van der Waals surface area contributed by atoms with Crippen molar-refractivity contribution in [3.63, 3.8) is 0 Å². The Hall–Kier alpha value is -0.820. The molecule has 0 atom stereocenters. The van der Waals surface area contributed by atoms with Gasteiger partial charge in [0.05, 0.1) is 0 Å². The van der Waals surface area contributed by atoms with E-state index in [0.717, 1.165) is 6.54 Å². The lowest BCUT2D eigenvalue weighted by atomic mass is 10.2. The van der Waals surface area contributed by atoms with Crippen LogP contribution in [-0.4, -0.2) is 18.5 Å². The zero-order valence-corrected chi connectivity index (χ0v) is 10.7. The largest absolute Gasteiger partial charge is 0.302 e. The van der Waals surface area contributed by atoms with Crippen molar-refractivity contribution < 1.29 is 0 Å². The third-order valence-corrected chi connectivity index (χ3v) is 2.19. The van der Waals surface area contributed by atoms with Crippen molar-refractivity contribution in [2.24, 2.45) is 0 Å². The molecule has 0 heterocycles. The van der Waals surface area contributed by atoms with Crippen LogP contribution in [0.5, 0.6) is 0 Å². The zero-order valence-electron chi connectivity index (χ0n) is 10.7. The zero-order chi connectivity index (χ0) is 11.5. The molecule has 0 aliphatic heterocycles. The van der Waals surface area contributed by atoms with Crippen LogP contribution in [0, 0.1) is 0 Å². The average molecular weight is 207 g/mol. The average Bonchev–Trinajstić information content (AvgIpc) is 2.30. The van der Waals surface area contributed by atoms with Crippen LogP contribution in [0.25, 0.3) is 0 Å². The van der Waals surface area contributed by atoms with Gasteiger partial charge < -0.3 is 4.90 Å². The second-order valence-corrected chi connectivity index (χ2v) is 3.58. The van der Waals surface area contributed by atoms with Gasteiger partial charge in [-0.05, 0) is 25.6 Å². The molecule has 1 aromatic rings. The van der Waals surface area contributed by atoms with E-state index in [1.54, 1.807) is 0 Å². The summed E-state index contributed by atoms with van der Waals surface area (Å²) in [7, 11) is 2.18. The first-order valence-electron chi connectivity index (χ1n) is 6.05. The summed E-state index contributed by atoms with van der Waals surface area (Å²) in [5, 5.41) is 0. The number of nitrogens with zero attached hydrogens (tertiary/aromatic N) is 1. The first-order valence-corrected chi connectivity index (χ1v) is 6.05. The van der Waals surface area contributed by atoms with E-state index in [4.69, 9.17) is 0 Å². The number of unbranched alkanes of at least 4 members (excludes halogenated alkanes) is 1. The lowest BCUT2D eigenvalue weighted by molar-refractivity contribution is 0.321. The molecule has 0 unspecified atom stereocenters. The Kier molecular flexibility index (Phi) is 9.19. The van der Waals surface area contributed by atoms with E-state index in [1.165, 1.54) is 24.9 Å². The Morgan fingerprint density at radius 1 is 1.07 bits per heavy atom. The standard InChI is InChI=1S/C12H19N.C2H6/c1-3-4-10-13(2)11-12-8-6-5-7-9-12;1-2/h5-9H,3-4,10-11H2,1-2H3;1-2H3. The molecular formula is C14H25N. The minimum atomic E-state index is 1.07. The molecule has 86 valence electrons. The maximum Gasteiger partial charge on any atom is 0.0230 e. The molecule has 0 saturated carbocycles. The highest BCUT2D eigenvalue weighted by molar-refractivity contribution is 5.14. The van der Waals surface area contributed by atoms with Gasteiger partial charge in [0.25, 0.3) is 0 Å². The molecule has 0 fully saturated rings. The third kappa shape index (κ3) is 7.15. The van der Waals surface area contributed by atoms with Crippen LogP contribution in [0.3, 0.4) is 0 Å². The van der Waals surface area contributed by atoms with Crippen molar-refractivity contribution in [2.45, 2.75) is 40.2 Å². The summed E-state index contributed by atoms with van der Waals surface area (Å²) in [4.78, 5) is 2.37. The molecular weight excluding hydrogens is 182 g/mol. The SMILES string of the molecule is CC.CCCCN(C)Cc1ccccc1. The van der Waals surface area contributed by atoms with Crippen molar-refractivity contribution in [3.05, 3.63) is 35.9 Å². The highest BCUT2D eigenvalue weighted by Crippen LogP contribution is 2.03. The number of hydrogen-bond acceptors (Lipinski definition) is 1.